The van der Waals surface area contributed by atoms with Gasteiger partial charge >= 0.3 is 5.97 Å². The third-order valence-electron chi connectivity index (χ3n) is 3.61. The first-order valence-electron chi connectivity index (χ1n) is 6.68. The van der Waals surface area contributed by atoms with Crippen LogP contribution in [0.3, 0.4) is 0 Å². The van der Waals surface area contributed by atoms with Crippen molar-refractivity contribution in [3.8, 4) is 0 Å². The van der Waals surface area contributed by atoms with E-state index in [-0.39, 0.29) is 23.6 Å². The van der Waals surface area contributed by atoms with Crippen LogP contribution in [0.1, 0.15) is 36.0 Å². The SMILES string of the molecule is COC(=O)CN(C(=O)c1c[nH]ccc1=O)C1CCCC1. The Kier molecular flexibility index (Phi) is 4.55. The second kappa shape index (κ2) is 6.36. The molecule has 1 aromatic heterocycles. The quantitative estimate of drug-likeness (QED) is 0.831. The van der Waals surface area contributed by atoms with E-state index in [0.29, 0.717) is 0 Å². The molecule has 1 fully saturated rings. The largest absolute Gasteiger partial charge is 0.468 e. The Morgan fingerprint density at radius 1 is 1.40 bits per heavy atom. The van der Waals surface area contributed by atoms with Gasteiger partial charge in [-0.25, -0.2) is 0 Å². The number of nitrogens with zero attached hydrogens (tertiary/aromatic N) is 1. The molecule has 1 saturated carbocycles. The summed E-state index contributed by atoms with van der Waals surface area (Å²) in [6, 6.07) is 1.30. The van der Waals surface area contributed by atoms with Crippen molar-refractivity contribution in [3.63, 3.8) is 0 Å². The fourth-order valence-corrected chi connectivity index (χ4v) is 2.52. The predicted molar refractivity (Wildman–Crippen MR) is 72.4 cm³/mol. The third-order valence-corrected chi connectivity index (χ3v) is 3.61. The molecule has 1 amide bonds. The Morgan fingerprint density at radius 2 is 2.10 bits per heavy atom. The number of amides is 1. The number of H-pyrrole nitrogens is 1. The monoisotopic (exact) mass is 278 g/mol. The molecule has 1 aliphatic rings. The van der Waals surface area contributed by atoms with Crippen molar-refractivity contribution in [2.45, 2.75) is 31.7 Å². The minimum absolute atomic E-state index is 0.00112. The maximum absolute atomic E-state index is 12.5. The molecule has 0 aromatic carbocycles. The number of hydrogen-bond acceptors (Lipinski definition) is 4. The van der Waals surface area contributed by atoms with Gasteiger partial charge in [0.25, 0.3) is 5.91 Å². The fourth-order valence-electron chi connectivity index (χ4n) is 2.52. The van der Waals surface area contributed by atoms with Crippen LogP contribution < -0.4 is 5.43 Å². The van der Waals surface area contributed by atoms with Crippen molar-refractivity contribution in [1.82, 2.24) is 9.88 Å². The van der Waals surface area contributed by atoms with Crippen LogP contribution in [0.25, 0.3) is 0 Å². The van der Waals surface area contributed by atoms with Gasteiger partial charge in [0.15, 0.2) is 5.43 Å². The number of methoxy groups -OCH3 is 1. The Hall–Kier alpha value is -2.11. The number of carbonyl (C=O) groups is 2. The molecule has 1 aliphatic carbocycles. The number of aromatic amines is 1. The number of ether oxygens (including phenoxy) is 1. The molecule has 6 heteroatoms. The highest BCUT2D eigenvalue weighted by molar-refractivity contribution is 5.95. The van der Waals surface area contributed by atoms with E-state index in [4.69, 9.17) is 0 Å². The molecule has 1 aromatic rings. The standard InChI is InChI=1S/C14H18N2O4/c1-20-13(18)9-16(10-4-2-3-5-10)14(19)11-8-15-7-6-12(11)17/h6-8,10H,2-5,9H2,1H3,(H,15,17). The van der Waals surface area contributed by atoms with Crippen LogP contribution in [0.2, 0.25) is 0 Å². The van der Waals surface area contributed by atoms with Gasteiger partial charge < -0.3 is 14.6 Å². The van der Waals surface area contributed by atoms with Crippen LogP contribution in [0.4, 0.5) is 0 Å². The van der Waals surface area contributed by atoms with Gasteiger partial charge in [0.05, 0.1) is 7.11 Å². The maximum atomic E-state index is 12.5. The lowest BCUT2D eigenvalue weighted by Gasteiger charge is -2.27. The Morgan fingerprint density at radius 3 is 2.70 bits per heavy atom. The molecule has 0 radical (unpaired) electrons. The van der Waals surface area contributed by atoms with Crippen molar-refractivity contribution in [2.75, 3.05) is 13.7 Å². The van der Waals surface area contributed by atoms with Crippen molar-refractivity contribution < 1.29 is 14.3 Å². The zero-order valence-electron chi connectivity index (χ0n) is 11.4. The molecule has 2 rings (SSSR count). The summed E-state index contributed by atoms with van der Waals surface area (Å²) >= 11 is 0. The number of carbonyl (C=O) groups excluding carboxylic acids is 2. The highest BCUT2D eigenvalue weighted by Gasteiger charge is 2.30. The molecular weight excluding hydrogens is 260 g/mol. The van der Waals surface area contributed by atoms with E-state index in [2.05, 4.69) is 9.72 Å². The van der Waals surface area contributed by atoms with Gasteiger partial charge in [-0.3, -0.25) is 14.4 Å². The van der Waals surface area contributed by atoms with Gasteiger partial charge in [0, 0.05) is 24.5 Å². The smallest absolute Gasteiger partial charge is 0.325 e. The van der Waals surface area contributed by atoms with Crippen LogP contribution >= 0.6 is 0 Å². The van der Waals surface area contributed by atoms with E-state index >= 15 is 0 Å². The number of aromatic nitrogens is 1. The summed E-state index contributed by atoms with van der Waals surface area (Å²) in [5.41, 5.74) is -0.287. The van der Waals surface area contributed by atoms with Crippen molar-refractivity contribution in [1.29, 1.82) is 0 Å². The molecule has 0 atom stereocenters. The molecule has 0 saturated heterocycles. The summed E-state index contributed by atoms with van der Waals surface area (Å²) in [6.45, 7) is -0.117. The first-order valence-corrected chi connectivity index (χ1v) is 6.68. The molecule has 108 valence electrons. The Bertz CT molecular complexity index is 546. The van der Waals surface area contributed by atoms with Crippen molar-refractivity contribution >= 4 is 11.9 Å². The molecule has 6 nitrogen and oxygen atoms in total. The lowest BCUT2D eigenvalue weighted by Crippen LogP contribution is -2.44. The van der Waals surface area contributed by atoms with E-state index in [0.717, 1.165) is 25.7 Å². The second-order valence-corrected chi connectivity index (χ2v) is 4.87. The predicted octanol–water partition coefficient (Wildman–Crippen LogP) is 0.933. The number of hydrogen-bond donors (Lipinski definition) is 1. The van der Waals surface area contributed by atoms with Gasteiger partial charge in [-0.15, -0.1) is 0 Å². The lowest BCUT2D eigenvalue weighted by atomic mass is 10.1. The molecule has 0 unspecified atom stereocenters. The van der Waals surface area contributed by atoms with Gasteiger partial charge in [0.1, 0.15) is 12.1 Å². The Balaban J connectivity index is 2.25. The fraction of sp³-hybridized carbons (Fsp3) is 0.500. The normalized spacial score (nSPS) is 15.1. The second-order valence-electron chi connectivity index (χ2n) is 4.87. The Labute approximate surface area is 116 Å². The van der Waals surface area contributed by atoms with Gasteiger partial charge in [-0.2, -0.15) is 0 Å². The third kappa shape index (κ3) is 3.07. The lowest BCUT2D eigenvalue weighted by molar-refractivity contribution is -0.141. The average molecular weight is 278 g/mol. The van der Waals surface area contributed by atoms with Gasteiger partial charge in [0.2, 0.25) is 0 Å². The number of pyridine rings is 1. The van der Waals surface area contributed by atoms with E-state index in [9.17, 15) is 14.4 Å². The highest BCUT2D eigenvalue weighted by Crippen LogP contribution is 2.24. The molecule has 1 N–H and O–H groups in total. The first kappa shape index (κ1) is 14.3. The topological polar surface area (TPSA) is 79.5 Å². The number of esters is 1. The molecule has 0 aliphatic heterocycles. The highest BCUT2D eigenvalue weighted by atomic mass is 16.5. The molecule has 0 spiro atoms. The molecular formula is C14H18N2O4. The van der Waals surface area contributed by atoms with Crippen LogP contribution in [-0.2, 0) is 9.53 Å². The van der Waals surface area contributed by atoms with Gasteiger partial charge in [-0.05, 0) is 12.8 Å². The van der Waals surface area contributed by atoms with E-state index in [1.807, 2.05) is 0 Å². The van der Waals surface area contributed by atoms with Crippen LogP contribution in [-0.4, -0.2) is 41.5 Å². The average Bonchev–Trinajstić information content (AvgIpc) is 2.98. The van der Waals surface area contributed by atoms with Crippen LogP contribution in [0.15, 0.2) is 23.3 Å². The van der Waals surface area contributed by atoms with Crippen LogP contribution in [0.5, 0.6) is 0 Å². The van der Waals surface area contributed by atoms with Crippen LogP contribution in [0, 0.1) is 0 Å². The van der Waals surface area contributed by atoms with Crippen molar-refractivity contribution in [3.05, 3.63) is 34.2 Å². The number of nitrogens with one attached hydrogen (secondary N) is 1. The zero-order valence-corrected chi connectivity index (χ0v) is 11.4. The summed E-state index contributed by atoms with van der Waals surface area (Å²) in [7, 11) is 1.29. The maximum Gasteiger partial charge on any atom is 0.325 e. The summed E-state index contributed by atoms with van der Waals surface area (Å²) in [6.07, 6.45) is 6.62. The van der Waals surface area contributed by atoms with E-state index < -0.39 is 11.9 Å². The number of rotatable bonds is 4. The van der Waals surface area contributed by atoms with E-state index in [1.165, 1.54) is 30.5 Å². The van der Waals surface area contributed by atoms with Gasteiger partial charge in [-0.1, -0.05) is 12.8 Å². The molecule has 20 heavy (non-hydrogen) atoms. The summed E-state index contributed by atoms with van der Waals surface area (Å²) in [5.74, 6) is -0.887. The first-order chi connectivity index (χ1) is 9.63. The van der Waals surface area contributed by atoms with E-state index in [1.54, 1.807) is 0 Å². The summed E-state index contributed by atoms with van der Waals surface area (Å²) < 4.78 is 4.64. The molecule has 1 heterocycles. The molecule has 0 bridgehead atoms. The minimum Gasteiger partial charge on any atom is -0.468 e. The van der Waals surface area contributed by atoms with Crippen molar-refractivity contribution in [2.24, 2.45) is 0 Å². The minimum atomic E-state index is -0.474. The zero-order chi connectivity index (χ0) is 14.5. The summed E-state index contributed by atoms with van der Waals surface area (Å²) in [5, 5.41) is 0. The summed E-state index contributed by atoms with van der Waals surface area (Å²) in [4.78, 5) is 39.9.